The predicted octanol–water partition coefficient (Wildman–Crippen LogP) is 2.75. The van der Waals surface area contributed by atoms with Crippen LogP contribution in [0.15, 0.2) is 18.2 Å². The van der Waals surface area contributed by atoms with Crippen LogP contribution in [0.5, 0.6) is 5.75 Å². The molecule has 2 N–H and O–H groups in total. The van der Waals surface area contributed by atoms with Gasteiger partial charge in [0, 0.05) is 12.3 Å². The molecule has 1 aromatic rings. The number of hydrogen-bond acceptors (Lipinski definition) is 5. The SMILES string of the molecule is O=C1CC(CCCCCS(=O)(=O)NC2(c3ccc(F)c(OCC4CC4)c3)CC2)C(=O)N1. The van der Waals surface area contributed by atoms with Gasteiger partial charge in [-0.15, -0.1) is 0 Å². The fraction of sp³-hybridized carbons (Fsp3) is 0.636. The molecule has 31 heavy (non-hydrogen) atoms. The Bertz CT molecular complexity index is 957. The van der Waals surface area contributed by atoms with Crippen LogP contribution in [0.4, 0.5) is 4.39 Å². The number of carbonyl (C=O) groups is 2. The summed E-state index contributed by atoms with van der Waals surface area (Å²) in [6.07, 6.45) is 6.23. The van der Waals surface area contributed by atoms with Gasteiger partial charge in [-0.3, -0.25) is 14.9 Å². The third kappa shape index (κ3) is 5.83. The number of benzene rings is 1. The first-order chi connectivity index (χ1) is 14.8. The molecule has 0 radical (unpaired) electrons. The van der Waals surface area contributed by atoms with Gasteiger partial charge in [-0.05, 0) is 62.1 Å². The number of rotatable bonds is 12. The first-order valence-corrected chi connectivity index (χ1v) is 12.7. The number of nitrogens with one attached hydrogen (secondary N) is 2. The monoisotopic (exact) mass is 452 g/mol. The molecule has 1 atom stereocenters. The smallest absolute Gasteiger partial charge is 0.230 e. The molecule has 1 aromatic carbocycles. The molecule has 1 unspecified atom stereocenters. The summed E-state index contributed by atoms with van der Waals surface area (Å²) in [7, 11) is -3.50. The van der Waals surface area contributed by atoms with Crippen LogP contribution in [-0.4, -0.2) is 32.6 Å². The fourth-order valence-electron chi connectivity index (χ4n) is 4.03. The molecule has 0 bridgehead atoms. The number of amides is 2. The van der Waals surface area contributed by atoms with E-state index in [1.807, 2.05) is 0 Å². The van der Waals surface area contributed by atoms with Gasteiger partial charge in [-0.25, -0.2) is 17.5 Å². The quantitative estimate of drug-likeness (QED) is 0.375. The van der Waals surface area contributed by atoms with Crippen molar-refractivity contribution in [3.63, 3.8) is 0 Å². The van der Waals surface area contributed by atoms with Crippen LogP contribution >= 0.6 is 0 Å². The molecule has 1 saturated heterocycles. The summed E-state index contributed by atoms with van der Waals surface area (Å²) in [5.74, 6) is -0.499. The summed E-state index contributed by atoms with van der Waals surface area (Å²) in [5, 5.41) is 2.29. The van der Waals surface area contributed by atoms with Crippen molar-refractivity contribution in [2.45, 2.75) is 63.3 Å². The molecule has 1 aliphatic heterocycles. The van der Waals surface area contributed by atoms with Crippen molar-refractivity contribution in [1.29, 1.82) is 0 Å². The molecule has 7 nitrogen and oxygen atoms in total. The molecule has 0 aromatic heterocycles. The third-order valence-electron chi connectivity index (χ3n) is 6.29. The first kappa shape index (κ1) is 22.2. The van der Waals surface area contributed by atoms with E-state index in [-0.39, 0.29) is 35.7 Å². The summed E-state index contributed by atoms with van der Waals surface area (Å²) in [5.41, 5.74) is 0.0622. The highest BCUT2D eigenvalue weighted by atomic mass is 32.2. The fourth-order valence-corrected chi connectivity index (χ4v) is 5.63. The topological polar surface area (TPSA) is 102 Å². The molecular weight excluding hydrogens is 423 g/mol. The Morgan fingerprint density at radius 2 is 1.94 bits per heavy atom. The number of ether oxygens (including phenoxy) is 1. The Hall–Kier alpha value is -2.00. The molecule has 4 rings (SSSR count). The van der Waals surface area contributed by atoms with Gasteiger partial charge in [0.1, 0.15) is 0 Å². The van der Waals surface area contributed by atoms with Crippen molar-refractivity contribution >= 4 is 21.8 Å². The normalized spacial score (nSPS) is 22.4. The van der Waals surface area contributed by atoms with Gasteiger partial charge in [0.2, 0.25) is 21.8 Å². The van der Waals surface area contributed by atoms with E-state index in [1.165, 1.54) is 6.07 Å². The standard InChI is InChI=1S/C22H29FN2O5S/c23-18-8-7-17(13-19(18)30-14-15-5-6-15)22(9-10-22)25-31(28,29)11-3-1-2-4-16-12-20(26)24-21(16)27/h7-8,13,15-16,25H,1-6,9-12,14H2,(H,24,26,27). The second-order valence-electron chi connectivity index (χ2n) is 9.07. The summed E-state index contributed by atoms with van der Waals surface area (Å²) < 4.78 is 47.7. The van der Waals surface area contributed by atoms with Gasteiger partial charge in [0.15, 0.2) is 11.6 Å². The largest absolute Gasteiger partial charge is 0.490 e. The molecule has 170 valence electrons. The zero-order chi connectivity index (χ0) is 22.1. The van der Waals surface area contributed by atoms with Crippen LogP contribution in [-0.2, 0) is 25.2 Å². The first-order valence-electron chi connectivity index (χ1n) is 11.0. The Kier molecular flexibility index (Phi) is 6.35. The highest BCUT2D eigenvalue weighted by Crippen LogP contribution is 2.47. The maximum atomic E-state index is 14.1. The average Bonchev–Trinajstić information content (AvgIpc) is 3.62. The molecule has 2 aliphatic carbocycles. The van der Waals surface area contributed by atoms with Gasteiger partial charge in [0.25, 0.3) is 0 Å². The van der Waals surface area contributed by atoms with Crippen LogP contribution in [0.1, 0.15) is 63.4 Å². The minimum Gasteiger partial charge on any atom is -0.490 e. The Morgan fingerprint density at radius 1 is 1.16 bits per heavy atom. The van der Waals surface area contributed by atoms with Crippen molar-refractivity contribution in [1.82, 2.24) is 10.0 Å². The molecule has 2 saturated carbocycles. The van der Waals surface area contributed by atoms with E-state index in [2.05, 4.69) is 10.0 Å². The molecule has 2 amide bonds. The number of hydrogen-bond donors (Lipinski definition) is 2. The Morgan fingerprint density at radius 3 is 2.58 bits per heavy atom. The lowest BCUT2D eigenvalue weighted by atomic mass is 10.00. The minimum absolute atomic E-state index is 0.00320. The van der Waals surface area contributed by atoms with E-state index < -0.39 is 21.4 Å². The van der Waals surface area contributed by atoms with E-state index in [0.29, 0.717) is 51.0 Å². The number of unbranched alkanes of at least 4 members (excludes halogenated alkanes) is 2. The predicted molar refractivity (Wildman–Crippen MR) is 112 cm³/mol. The summed E-state index contributed by atoms with van der Waals surface area (Å²) in [4.78, 5) is 22.8. The van der Waals surface area contributed by atoms with Gasteiger partial charge >= 0.3 is 0 Å². The van der Waals surface area contributed by atoms with E-state index in [0.717, 1.165) is 18.4 Å². The maximum absolute atomic E-state index is 14.1. The zero-order valence-electron chi connectivity index (χ0n) is 17.5. The van der Waals surface area contributed by atoms with E-state index in [1.54, 1.807) is 12.1 Å². The lowest BCUT2D eigenvalue weighted by Crippen LogP contribution is -2.36. The Balaban J connectivity index is 1.26. The maximum Gasteiger partial charge on any atom is 0.230 e. The second kappa shape index (κ2) is 8.86. The molecule has 3 aliphatic rings. The zero-order valence-corrected chi connectivity index (χ0v) is 18.3. The van der Waals surface area contributed by atoms with Crippen molar-refractivity contribution in [3.8, 4) is 5.75 Å². The molecule has 9 heteroatoms. The van der Waals surface area contributed by atoms with Crippen molar-refractivity contribution in [2.75, 3.05) is 12.4 Å². The molecule has 1 heterocycles. The van der Waals surface area contributed by atoms with Crippen LogP contribution < -0.4 is 14.8 Å². The Labute approximate surface area is 182 Å². The molecule has 0 spiro atoms. The van der Waals surface area contributed by atoms with Gasteiger partial charge in [-0.2, -0.15) is 0 Å². The van der Waals surface area contributed by atoms with Crippen LogP contribution in [0.3, 0.4) is 0 Å². The molecular formula is C22H29FN2O5S. The van der Waals surface area contributed by atoms with E-state index >= 15 is 0 Å². The second-order valence-corrected chi connectivity index (χ2v) is 10.9. The van der Waals surface area contributed by atoms with Crippen LogP contribution in [0.25, 0.3) is 0 Å². The van der Waals surface area contributed by atoms with Gasteiger partial charge in [0.05, 0.1) is 17.9 Å². The lowest BCUT2D eigenvalue weighted by Gasteiger charge is -2.19. The third-order valence-corrected chi connectivity index (χ3v) is 7.81. The number of sulfonamides is 1. The van der Waals surface area contributed by atoms with Crippen molar-refractivity contribution in [3.05, 3.63) is 29.6 Å². The highest BCUT2D eigenvalue weighted by Gasteiger charge is 2.47. The molecule has 3 fully saturated rings. The summed E-state index contributed by atoms with van der Waals surface area (Å²) >= 11 is 0. The minimum atomic E-state index is -3.50. The highest BCUT2D eigenvalue weighted by molar-refractivity contribution is 7.89. The van der Waals surface area contributed by atoms with Crippen LogP contribution in [0, 0.1) is 17.7 Å². The van der Waals surface area contributed by atoms with Gasteiger partial charge in [-0.1, -0.05) is 18.9 Å². The summed E-state index contributed by atoms with van der Waals surface area (Å²) in [6.45, 7) is 0.496. The number of halogens is 1. The summed E-state index contributed by atoms with van der Waals surface area (Å²) in [6, 6.07) is 4.60. The average molecular weight is 453 g/mol. The lowest BCUT2D eigenvalue weighted by molar-refractivity contribution is -0.125. The van der Waals surface area contributed by atoms with Crippen molar-refractivity contribution in [2.24, 2.45) is 11.8 Å². The van der Waals surface area contributed by atoms with Gasteiger partial charge < -0.3 is 4.74 Å². The van der Waals surface area contributed by atoms with Crippen molar-refractivity contribution < 1.29 is 27.1 Å². The van der Waals surface area contributed by atoms with E-state index in [4.69, 9.17) is 4.74 Å². The number of imide groups is 1. The van der Waals surface area contributed by atoms with E-state index in [9.17, 15) is 22.4 Å². The van der Waals surface area contributed by atoms with Crippen LogP contribution in [0.2, 0.25) is 0 Å². The number of carbonyl (C=O) groups excluding carboxylic acids is 2.